The second-order valence-electron chi connectivity index (χ2n) is 5.02. The van der Waals surface area contributed by atoms with Crippen molar-refractivity contribution >= 4 is 17.6 Å². The first-order valence-electron chi connectivity index (χ1n) is 6.83. The lowest BCUT2D eigenvalue weighted by Gasteiger charge is -2.11. The van der Waals surface area contributed by atoms with Crippen LogP contribution in [0.2, 0.25) is 0 Å². The predicted octanol–water partition coefficient (Wildman–Crippen LogP) is 1.18. The summed E-state index contributed by atoms with van der Waals surface area (Å²) < 4.78 is 0. The summed E-state index contributed by atoms with van der Waals surface area (Å²) in [5.41, 5.74) is 1.05. The molecule has 0 radical (unpaired) electrons. The van der Waals surface area contributed by atoms with Gasteiger partial charge in [-0.25, -0.2) is 0 Å². The lowest BCUT2D eigenvalue weighted by Crippen LogP contribution is -2.34. The van der Waals surface area contributed by atoms with E-state index in [0.717, 1.165) is 12.8 Å². The molecule has 2 rings (SSSR count). The zero-order chi connectivity index (χ0) is 14.4. The largest absolute Gasteiger partial charge is 0.481 e. The van der Waals surface area contributed by atoms with Crippen LogP contribution in [0.25, 0.3) is 0 Å². The number of pyridine rings is 1. The summed E-state index contributed by atoms with van der Waals surface area (Å²) in [6, 6.07) is 3.73. The van der Waals surface area contributed by atoms with Crippen molar-refractivity contribution in [1.29, 1.82) is 0 Å². The van der Waals surface area contributed by atoms with Gasteiger partial charge in [0.05, 0.1) is 30.5 Å². The van der Waals surface area contributed by atoms with Crippen LogP contribution in [0.1, 0.15) is 31.4 Å². The summed E-state index contributed by atoms with van der Waals surface area (Å²) in [7, 11) is 0. The first kappa shape index (κ1) is 14.5. The van der Waals surface area contributed by atoms with Crippen molar-refractivity contribution in [2.75, 3.05) is 11.9 Å². The highest BCUT2D eigenvalue weighted by molar-refractivity contribution is 5.92. The standard InChI is InChI=1S/C14H19N3O3/c18-13(9-16-10-3-1-2-4-10)17-12-6-5-11(15-8-12)7-14(19)20/h5-6,8,10,16H,1-4,7,9H2,(H,17,18)(H,19,20). The number of carbonyl (C=O) groups is 2. The maximum atomic E-state index is 11.7. The molecule has 1 heterocycles. The zero-order valence-corrected chi connectivity index (χ0v) is 11.3. The second-order valence-corrected chi connectivity index (χ2v) is 5.02. The molecule has 3 N–H and O–H groups in total. The van der Waals surface area contributed by atoms with Crippen LogP contribution in [0.5, 0.6) is 0 Å². The third-order valence-corrected chi connectivity index (χ3v) is 3.35. The van der Waals surface area contributed by atoms with Crippen molar-refractivity contribution in [3.8, 4) is 0 Å². The SMILES string of the molecule is O=C(O)Cc1ccc(NC(=O)CNC2CCCC2)cn1. The molecule has 20 heavy (non-hydrogen) atoms. The molecular formula is C14H19N3O3. The first-order valence-corrected chi connectivity index (χ1v) is 6.83. The van der Waals surface area contributed by atoms with Crippen molar-refractivity contribution in [1.82, 2.24) is 10.3 Å². The quantitative estimate of drug-likeness (QED) is 0.726. The van der Waals surface area contributed by atoms with E-state index in [1.54, 1.807) is 12.1 Å². The molecule has 1 fully saturated rings. The summed E-state index contributed by atoms with van der Waals surface area (Å²) >= 11 is 0. The minimum Gasteiger partial charge on any atom is -0.481 e. The molecule has 0 aromatic carbocycles. The summed E-state index contributed by atoms with van der Waals surface area (Å²) in [5, 5.41) is 14.6. The van der Waals surface area contributed by atoms with E-state index >= 15 is 0 Å². The number of hydrogen-bond donors (Lipinski definition) is 3. The number of rotatable bonds is 6. The Morgan fingerprint density at radius 3 is 2.65 bits per heavy atom. The van der Waals surface area contributed by atoms with Crippen LogP contribution in [0.3, 0.4) is 0 Å². The maximum absolute atomic E-state index is 11.7. The summed E-state index contributed by atoms with van der Waals surface area (Å²) in [5.74, 6) is -1.03. The van der Waals surface area contributed by atoms with E-state index in [4.69, 9.17) is 5.11 Å². The van der Waals surface area contributed by atoms with Gasteiger partial charge >= 0.3 is 5.97 Å². The minimum atomic E-state index is -0.921. The Bertz CT molecular complexity index is 467. The van der Waals surface area contributed by atoms with E-state index in [9.17, 15) is 9.59 Å². The average Bonchev–Trinajstić information content (AvgIpc) is 2.91. The Morgan fingerprint density at radius 2 is 2.05 bits per heavy atom. The van der Waals surface area contributed by atoms with E-state index in [-0.39, 0.29) is 12.3 Å². The highest BCUT2D eigenvalue weighted by Gasteiger charge is 2.15. The van der Waals surface area contributed by atoms with E-state index in [0.29, 0.717) is 24.0 Å². The summed E-state index contributed by atoms with van der Waals surface area (Å²) in [4.78, 5) is 26.3. The Labute approximate surface area is 117 Å². The average molecular weight is 277 g/mol. The van der Waals surface area contributed by atoms with Crippen LogP contribution in [-0.2, 0) is 16.0 Å². The smallest absolute Gasteiger partial charge is 0.309 e. The fraction of sp³-hybridized carbons (Fsp3) is 0.500. The molecule has 1 aliphatic rings. The molecule has 1 aromatic heterocycles. The Kier molecular flexibility index (Phi) is 5.06. The second kappa shape index (κ2) is 7.00. The van der Waals surface area contributed by atoms with E-state index < -0.39 is 5.97 Å². The number of nitrogens with one attached hydrogen (secondary N) is 2. The van der Waals surface area contributed by atoms with Gasteiger partial charge < -0.3 is 15.7 Å². The van der Waals surface area contributed by atoms with Crippen molar-refractivity contribution in [3.63, 3.8) is 0 Å². The number of carboxylic acids is 1. The highest BCUT2D eigenvalue weighted by Crippen LogP contribution is 2.17. The van der Waals surface area contributed by atoms with Crippen LogP contribution in [0, 0.1) is 0 Å². The van der Waals surface area contributed by atoms with Gasteiger partial charge in [-0.3, -0.25) is 14.6 Å². The van der Waals surface area contributed by atoms with E-state index in [1.165, 1.54) is 19.0 Å². The molecule has 0 bridgehead atoms. The Morgan fingerprint density at radius 1 is 1.30 bits per heavy atom. The fourth-order valence-corrected chi connectivity index (χ4v) is 2.33. The monoisotopic (exact) mass is 277 g/mol. The van der Waals surface area contributed by atoms with Crippen molar-refractivity contribution in [2.45, 2.75) is 38.1 Å². The zero-order valence-electron chi connectivity index (χ0n) is 11.3. The molecule has 0 saturated heterocycles. The van der Waals surface area contributed by atoms with Gasteiger partial charge in [-0.2, -0.15) is 0 Å². The predicted molar refractivity (Wildman–Crippen MR) is 74.5 cm³/mol. The third-order valence-electron chi connectivity index (χ3n) is 3.35. The normalized spacial score (nSPS) is 15.2. The number of carbonyl (C=O) groups excluding carboxylic acids is 1. The molecule has 1 aliphatic carbocycles. The van der Waals surface area contributed by atoms with Gasteiger partial charge in [0, 0.05) is 6.04 Å². The van der Waals surface area contributed by atoms with Gasteiger partial charge in [0.25, 0.3) is 0 Å². The van der Waals surface area contributed by atoms with Crippen molar-refractivity contribution < 1.29 is 14.7 Å². The van der Waals surface area contributed by atoms with Gasteiger partial charge in [0.15, 0.2) is 0 Å². The van der Waals surface area contributed by atoms with E-state index in [1.807, 2.05) is 0 Å². The molecule has 0 aliphatic heterocycles. The van der Waals surface area contributed by atoms with Gasteiger partial charge in [0.1, 0.15) is 0 Å². The number of aliphatic carboxylic acids is 1. The molecule has 1 amide bonds. The number of nitrogens with zero attached hydrogens (tertiary/aromatic N) is 1. The van der Waals surface area contributed by atoms with Crippen LogP contribution < -0.4 is 10.6 Å². The van der Waals surface area contributed by atoms with Crippen molar-refractivity contribution in [3.05, 3.63) is 24.0 Å². The molecule has 6 heteroatoms. The summed E-state index contributed by atoms with van der Waals surface area (Å²) in [6.45, 7) is 0.293. The number of aromatic nitrogens is 1. The van der Waals surface area contributed by atoms with Gasteiger partial charge in [-0.05, 0) is 25.0 Å². The number of anilines is 1. The van der Waals surface area contributed by atoms with Crippen LogP contribution in [0.15, 0.2) is 18.3 Å². The molecule has 1 saturated carbocycles. The first-order chi connectivity index (χ1) is 9.63. The molecule has 0 unspecified atom stereocenters. The molecule has 0 spiro atoms. The van der Waals surface area contributed by atoms with Gasteiger partial charge in [-0.1, -0.05) is 12.8 Å². The lowest BCUT2D eigenvalue weighted by molar-refractivity contribution is -0.136. The molecule has 108 valence electrons. The van der Waals surface area contributed by atoms with Crippen LogP contribution in [-0.4, -0.2) is 34.6 Å². The molecular weight excluding hydrogens is 258 g/mol. The number of amides is 1. The van der Waals surface area contributed by atoms with Gasteiger partial charge in [0.2, 0.25) is 5.91 Å². The Balaban J connectivity index is 1.76. The number of carboxylic acid groups (broad SMARTS) is 1. The van der Waals surface area contributed by atoms with Crippen LogP contribution >= 0.6 is 0 Å². The third kappa shape index (κ3) is 4.62. The fourth-order valence-electron chi connectivity index (χ4n) is 2.33. The van der Waals surface area contributed by atoms with Gasteiger partial charge in [-0.15, -0.1) is 0 Å². The summed E-state index contributed by atoms with van der Waals surface area (Å²) in [6.07, 6.45) is 6.10. The lowest BCUT2D eigenvalue weighted by atomic mass is 10.2. The number of hydrogen-bond acceptors (Lipinski definition) is 4. The van der Waals surface area contributed by atoms with Crippen molar-refractivity contribution in [2.24, 2.45) is 0 Å². The van der Waals surface area contributed by atoms with Crippen LogP contribution in [0.4, 0.5) is 5.69 Å². The van der Waals surface area contributed by atoms with E-state index in [2.05, 4.69) is 15.6 Å². The maximum Gasteiger partial charge on any atom is 0.309 e. The molecule has 0 atom stereocenters. The molecule has 1 aromatic rings. The Hall–Kier alpha value is -1.95. The topological polar surface area (TPSA) is 91.3 Å². The highest BCUT2D eigenvalue weighted by atomic mass is 16.4. The molecule has 6 nitrogen and oxygen atoms in total. The minimum absolute atomic E-state index is 0.107.